The van der Waals surface area contributed by atoms with Gasteiger partial charge in [0, 0.05) is 28.2 Å². The topological polar surface area (TPSA) is 109 Å². The van der Waals surface area contributed by atoms with Crippen LogP contribution in [0.1, 0.15) is 66.9 Å². The summed E-state index contributed by atoms with van der Waals surface area (Å²) in [5, 5.41) is 10.7. The fraction of sp³-hybridized carbons (Fsp3) is 0.480. The van der Waals surface area contributed by atoms with Gasteiger partial charge < -0.3 is 15.5 Å². The Labute approximate surface area is 202 Å². The number of carbonyl (C=O) groups excluding carboxylic acids is 1. The first kappa shape index (κ1) is 29.2. The molecule has 0 aliphatic heterocycles. The van der Waals surface area contributed by atoms with Gasteiger partial charge in [-0.05, 0) is 71.7 Å². The van der Waals surface area contributed by atoms with Crippen molar-refractivity contribution in [2.45, 2.75) is 71.8 Å². The van der Waals surface area contributed by atoms with Crippen LogP contribution in [0.25, 0.3) is 0 Å². The summed E-state index contributed by atoms with van der Waals surface area (Å²) in [6.07, 6.45) is 2.90. The summed E-state index contributed by atoms with van der Waals surface area (Å²) >= 11 is 0. The number of ether oxygens (including phenoxy) is 1. The second-order valence-corrected chi connectivity index (χ2v) is 11.1. The number of hydrogen-bond donors (Lipinski definition) is 2. The van der Waals surface area contributed by atoms with Crippen molar-refractivity contribution in [1.29, 1.82) is 5.41 Å². The zero-order chi connectivity index (χ0) is 26.3. The Bertz CT molecular complexity index is 1130. The fourth-order valence-electron chi connectivity index (χ4n) is 2.85. The van der Waals surface area contributed by atoms with Gasteiger partial charge in [-0.3, -0.25) is 4.79 Å². The lowest BCUT2D eigenvalue weighted by atomic mass is 10.1. The average Bonchev–Trinajstić information content (AvgIpc) is 2.78. The first-order valence-corrected chi connectivity index (χ1v) is 12.7. The molecule has 0 aromatic heterocycles. The van der Waals surface area contributed by atoms with Crippen LogP contribution in [0.15, 0.2) is 46.1 Å². The van der Waals surface area contributed by atoms with Crippen LogP contribution in [0.3, 0.4) is 0 Å². The third-order valence-electron chi connectivity index (χ3n) is 5.80. The first-order valence-electron chi connectivity index (χ1n) is 11.1. The van der Waals surface area contributed by atoms with E-state index in [-0.39, 0.29) is 23.4 Å². The highest BCUT2D eigenvalue weighted by atomic mass is 32.2. The molecule has 34 heavy (non-hydrogen) atoms. The van der Waals surface area contributed by atoms with Crippen LogP contribution in [0.4, 0.5) is 10.1 Å². The van der Waals surface area contributed by atoms with Gasteiger partial charge in [0.05, 0.1) is 12.9 Å². The molecule has 0 unspecified atom stereocenters. The van der Waals surface area contributed by atoms with E-state index in [0.717, 1.165) is 18.1 Å². The van der Waals surface area contributed by atoms with Crippen molar-refractivity contribution in [3.05, 3.63) is 52.5 Å². The molecular formula is C25H36FN3O4S. The minimum absolute atomic E-state index is 0.0496. The molecule has 0 atom stereocenters. The molecule has 0 saturated carbocycles. The maximum atomic E-state index is 14.4. The van der Waals surface area contributed by atoms with E-state index >= 15 is 0 Å². The number of hydrogen-bond acceptors (Lipinski definition) is 6. The van der Waals surface area contributed by atoms with Gasteiger partial charge in [-0.25, -0.2) is 17.8 Å². The quantitative estimate of drug-likeness (QED) is 0.252. The Morgan fingerprint density at radius 1 is 1.21 bits per heavy atom. The van der Waals surface area contributed by atoms with Gasteiger partial charge in [0.25, 0.3) is 5.91 Å². The summed E-state index contributed by atoms with van der Waals surface area (Å²) in [7, 11) is -2.38. The Kier molecular flexibility index (Phi) is 10.4. The molecule has 1 aromatic carbocycles. The van der Waals surface area contributed by atoms with E-state index in [1.165, 1.54) is 33.1 Å². The molecule has 1 amide bonds. The molecule has 7 nitrogen and oxygen atoms in total. The lowest BCUT2D eigenvalue weighted by Crippen LogP contribution is -2.40. The molecule has 0 spiro atoms. The number of halogens is 1. The van der Waals surface area contributed by atoms with E-state index in [1.54, 1.807) is 26.8 Å². The van der Waals surface area contributed by atoms with Gasteiger partial charge in [-0.2, -0.15) is 0 Å². The molecular weight excluding hydrogens is 457 g/mol. The monoisotopic (exact) mass is 493 g/mol. The zero-order valence-electron chi connectivity index (χ0n) is 21.3. The number of benzene rings is 1. The predicted molar refractivity (Wildman–Crippen MR) is 137 cm³/mol. The van der Waals surface area contributed by atoms with E-state index in [4.69, 9.17) is 10.1 Å². The van der Waals surface area contributed by atoms with Crippen molar-refractivity contribution in [3.63, 3.8) is 0 Å². The maximum Gasteiger partial charge on any atom is 0.253 e. The Balaban J connectivity index is 3.21. The number of rotatable bonds is 10. The average molecular weight is 494 g/mol. The molecule has 0 heterocycles. The number of amides is 1. The van der Waals surface area contributed by atoms with Gasteiger partial charge in [-0.1, -0.05) is 19.4 Å². The fourth-order valence-corrected chi connectivity index (χ4v) is 4.36. The minimum Gasteiger partial charge on any atom is -0.481 e. The third kappa shape index (κ3) is 7.35. The number of carbonyl (C=O) groups is 1. The smallest absolute Gasteiger partial charge is 0.253 e. The van der Waals surface area contributed by atoms with Crippen molar-refractivity contribution < 1.29 is 22.3 Å². The summed E-state index contributed by atoms with van der Waals surface area (Å²) in [5.41, 5.74) is 2.07. The largest absolute Gasteiger partial charge is 0.481 e. The van der Waals surface area contributed by atoms with Crippen molar-refractivity contribution in [2.24, 2.45) is 4.99 Å². The molecule has 188 valence electrons. The zero-order valence-corrected chi connectivity index (χ0v) is 22.1. The lowest BCUT2D eigenvalue weighted by molar-refractivity contribution is -0.112. The van der Waals surface area contributed by atoms with Crippen molar-refractivity contribution in [2.75, 3.05) is 12.4 Å². The third-order valence-corrected chi connectivity index (χ3v) is 8.30. The van der Waals surface area contributed by atoms with Crippen molar-refractivity contribution in [3.8, 4) is 0 Å². The van der Waals surface area contributed by atoms with E-state index in [2.05, 4.69) is 10.3 Å². The summed E-state index contributed by atoms with van der Waals surface area (Å²) < 4.78 is 44.1. The van der Waals surface area contributed by atoms with Crippen LogP contribution in [-0.4, -0.2) is 37.8 Å². The van der Waals surface area contributed by atoms with E-state index < -0.39 is 32.1 Å². The summed E-state index contributed by atoms with van der Waals surface area (Å²) in [5.74, 6) is -1.37. The molecule has 0 aliphatic carbocycles. The molecule has 0 aliphatic rings. The van der Waals surface area contributed by atoms with Gasteiger partial charge >= 0.3 is 0 Å². The summed E-state index contributed by atoms with van der Waals surface area (Å²) in [4.78, 5) is 17.1. The maximum absolute atomic E-state index is 14.4. The van der Waals surface area contributed by atoms with Gasteiger partial charge in [0.15, 0.2) is 9.84 Å². The lowest BCUT2D eigenvalue weighted by Gasteiger charge is -2.25. The normalized spacial score (nSPS) is 13.9. The van der Waals surface area contributed by atoms with E-state index in [9.17, 15) is 17.6 Å². The predicted octanol–water partition coefficient (Wildman–Crippen LogP) is 5.58. The van der Waals surface area contributed by atoms with Gasteiger partial charge in [0.2, 0.25) is 5.90 Å². The second kappa shape index (κ2) is 12.1. The number of nitrogens with zero attached hydrogens (tertiary/aromatic N) is 1. The van der Waals surface area contributed by atoms with Crippen molar-refractivity contribution in [1.82, 2.24) is 0 Å². The van der Waals surface area contributed by atoms with E-state index in [0.29, 0.717) is 17.2 Å². The first-order chi connectivity index (χ1) is 15.7. The van der Waals surface area contributed by atoms with Crippen LogP contribution in [0, 0.1) is 11.2 Å². The standard InChI is InChI=1S/C25H36FN3O4S/c1-9-16(3)13-23(33-8)28-18(5)17(4)24(30)29-20-11-12-21(26)19(14-20)15-34(31,32)25(6,7)22(27)10-2/h11-14,27H,9-10,15H2,1-8H3,(H,29,30)/b16-13?,18-17+,27-22?,28-23?. The SMILES string of the molecule is CCC(=N)C(C)(C)S(=O)(=O)Cc1cc(NC(=O)/C(C)=C(\C)N=C(C=C(C)CC)OC)ccc1F. The van der Waals surface area contributed by atoms with Crippen LogP contribution in [0.2, 0.25) is 0 Å². The number of aliphatic imine (C=N–C) groups is 1. The van der Waals surface area contributed by atoms with Gasteiger partial charge in [0.1, 0.15) is 10.6 Å². The number of sulfone groups is 1. The Morgan fingerprint density at radius 2 is 1.82 bits per heavy atom. The number of nitrogens with one attached hydrogen (secondary N) is 2. The van der Waals surface area contributed by atoms with Crippen LogP contribution in [-0.2, 0) is 25.1 Å². The molecule has 2 N–H and O–H groups in total. The molecule has 9 heteroatoms. The highest BCUT2D eigenvalue weighted by Crippen LogP contribution is 2.26. The molecule has 0 radical (unpaired) electrons. The molecule has 0 saturated heterocycles. The van der Waals surface area contributed by atoms with Crippen LogP contribution in [0.5, 0.6) is 0 Å². The summed E-state index contributed by atoms with van der Waals surface area (Å²) in [6, 6.07) is 3.78. The number of methoxy groups -OCH3 is 1. The van der Waals surface area contributed by atoms with Gasteiger partial charge in [-0.15, -0.1) is 0 Å². The minimum atomic E-state index is -3.87. The molecule has 0 bridgehead atoms. The second-order valence-electron chi connectivity index (χ2n) is 8.57. The summed E-state index contributed by atoms with van der Waals surface area (Å²) in [6.45, 7) is 11.8. The number of anilines is 1. The highest BCUT2D eigenvalue weighted by molar-refractivity contribution is 7.92. The highest BCUT2D eigenvalue weighted by Gasteiger charge is 2.38. The van der Waals surface area contributed by atoms with E-state index in [1.807, 2.05) is 13.8 Å². The van der Waals surface area contributed by atoms with Crippen LogP contribution >= 0.6 is 0 Å². The Morgan fingerprint density at radius 3 is 2.35 bits per heavy atom. The number of allylic oxidation sites excluding steroid dienone is 2. The Hall–Kier alpha value is -2.81. The van der Waals surface area contributed by atoms with Crippen LogP contribution < -0.4 is 5.32 Å². The van der Waals surface area contributed by atoms with Crippen molar-refractivity contribution >= 4 is 33.0 Å². The molecule has 1 rings (SSSR count). The molecule has 1 aromatic rings. The molecule has 0 fully saturated rings.